The number of para-hydroxylation sites is 1. The third-order valence-electron chi connectivity index (χ3n) is 6.13. The van der Waals surface area contributed by atoms with Gasteiger partial charge in [-0.15, -0.1) is 0 Å². The van der Waals surface area contributed by atoms with Crippen molar-refractivity contribution in [1.29, 1.82) is 0 Å². The van der Waals surface area contributed by atoms with Gasteiger partial charge in [-0.1, -0.05) is 48.5 Å². The minimum atomic E-state index is -0.727. The third-order valence-corrected chi connectivity index (χ3v) is 6.13. The summed E-state index contributed by atoms with van der Waals surface area (Å²) in [5, 5.41) is 3.51. The Morgan fingerprint density at radius 1 is 0.788 bits per heavy atom. The molecule has 2 aromatic carbocycles. The molecule has 7 nitrogen and oxygen atoms in total. The zero-order valence-corrected chi connectivity index (χ0v) is 19.7. The van der Waals surface area contributed by atoms with Crippen molar-refractivity contribution in [1.82, 2.24) is 0 Å². The predicted octanol–water partition coefficient (Wildman–Crippen LogP) is 4.21. The standard InChI is InChI=1S/C26H33NO6/c1-25(2)30-21-20(29-24-23(22(21)31-25)32-26(3,4)33-24)16-28-15-18-12-8-9-13-19(18)27-14-17-10-6-5-7-11-17/h5-13,20-24,27H,14-16H2,1-4H3/t20-,21+,22+,23-,24?/m1/s1. The Kier molecular flexibility index (Phi) is 6.20. The van der Waals surface area contributed by atoms with Crippen molar-refractivity contribution in [3.63, 3.8) is 0 Å². The highest BCUT2D eigenvalue weighted by Crippen LogP contribution is 2.44. The lowest BCUT2D eigenvalue weighted by Gasteiger charge is -2.37. The first kappa shape index (κ1) is 22.8. The zero-order valence-electron chi connectivity index (χ0n) is 19.7. The highest BCUT2D eigenvalue weighted by molar-refractivity contribution is 5.51. The largest absolute Gasteiger partial charge is 0.381 e. The summed E-state index contributed by atoms with van der Waals surface area (Å²) in [5.74, 6) is -1.44. The fourth-order valence-corrected chi connectivity index (χ4v) is 4.72. The molecule has 178 valence electrons. The Bertz CT molecular complexity index is 949. The number of fused-ring (bicyclic) bond motifs is 3. The molecule has 3 saturated heterocycles. The molecule has 3 aliphatic rings. The van der Waals surface area contributed by atoms with Crippen LogP contribution < -0.4 is 5.32 Å². The first-order valence-electron chi connectivity index (χ1n) is 11.6. The van der Waals surface area contributed by atoms with Crippen LogP contribution in [0.5, 0.6) is 0 Å². The van der Waals surface area contributed by atoms with Gasteiger partial charge in [-0.3, -0.25) is 0 Å². The molecule has 0 spiro atoms. The van der Waals surface area contributed by atoms with Crippen molar-refractivity contribution in [2.45, 2.75) is 83.1 Å². The molecule has 1 unspecified atom stereocenters. The summed E-state index contributed by atoms with van der Waals surface area (Å²) in [5.41, 5.74) is 3.37. The molecule has 0 aromatic heterocycles. The van der Waals surface area contributed by atoms with Crippen molar-refractivity contribution in [2.24, 2.45) is 0 Å². The maximum atomic E-state index is 6.23. The molecule has 0 amide bonds. The van der Waals surface area contributed by atoms with Gasteiger partial charge >= 0.3 is 0 Å². The SMILES string of the molecule is CC1(C)O[C@@H]2[C@H](O1)[C@H]1OC(C)(C)OC1O[C@@H]2COCc1ccccc1NCc1ccccc1. The van der Waals surface area contributed by atoms with Crippen molar-refractivity contribution >= 4 is 5.69 Å². The lowest BCUT2D eigenvalue weighted by molar-refractivity contribution is -0.243. The van der Waals surface area contributed by atoms with Crippen LogP contribution in [0, 0.1) is 0 Å². The Balaban J connectivity index is 1.22. The summed E-state index contributed by atoms with van der Waals surface area (Å²) in [4.78, 5) is 0. The summed E-state index contributed by atoms with van der Waals surface area (Å²) in [6.07, 6.45) is -1.71. The molecule has 3 fully saturated rings. The van der Waals surface area contributed by atoms with Crippen LogP contribution in [-0.2, 0) is 41.6 Å². The molecular weight excluding hydrogens is 422 g/mol. The van der Waals surface area contributed by atoms with Gasteiger partial charge in [-0.2, -0.15) is 0 Å². The average molecular weight is 456 g/mol. The Labute approximate surface area is 195 Å². The van der Waals surface area contributed by atoms with Crippen LogP contribution in [0.15, 0.2) is 54.6 Å². The van der Waals surface area contributed by atoms with Crippen molar-refractivity contribution in [3.05, 3.63) is 65.7 Å². The van der Waals surface area contributed by atoms with Crippen LogP contribution in [0.25, 0.3) is 0 Å². The Hall–Kier alpha value is -2.00. The van der Waals surface area contributed by atoms with E-state index in [0.717, 1.165) is 17.8 Å². The van der Waals surface area contributed by atoms with Crippen molar-refractivity contribution < 1.29 is 28.4 Å². The summed E-state index contributed by atoms with van der Waals surface area (Å²) < 4.78 is 36.8. The quantitative estimate of drug-likeness (QED) is 0.671. The van der Waals surface area contributed by atoms with Crippen LogP contribution in [0.3, 0.4) is 0 Å². The van der Waals surface area contributed by atoms with Gasteiger partial charge in [0.2, 0.25) is 0 Å². The normalized spacial score (nSPS) is 31.7. The van der Waals surface area contributed by atoms with Crippen LogP contribution in [-0.4, -0.2) is 48.9 Å². The van der Waals surface area contributed by atoms with Gasteiger partial charge in [0.25, 0.3) is 0 Å². The van der Waals surface area contributed by atoms with Gasteiger partial charge < -0.3 is 33.7 Å². The van der Waals surface area contributed by atoms with Gasteiger partial charge in [0, 0.05) is 17.8 Å². The fourth-order valence-electron chi connectivity index (χ4n) is 4.72. The zero-order chi connectivity index (χ0) is 23.1. The van der Waals surface area contributed by atoms with E-state index < -0.39 is 17.9 Å². The van der Waals surface area contributed by atoms with Gasteiger partial charge in [0.05, 0.1) is 13.2 Å². The highest BCUT2D eigenvalue weighted by atomic mass is 16.9. The number of rotatable bonds is 7. The summed E-state index contributed by atoms with van der Waals surface area (Å²) in [7, 11) is 0. The molecular formula is C26H33NO6. The predicted molar refractivity (Wildman–Crippen MR) is 122 cm³/mol. The van der Waals surface area contributed by atoms with E-state index in [0.29, 0.717) is 13.2 Å². The molecule has 2 aromatic rings. The minimum absolute atomic E-state index is 0.269. The third kappa shape index (κ3) is 5.09. The number of hydrogen-bond donors (Lipinski definition) is 1. The molecule has 3 aliphatic heterocycles. The maximum Gasteiger partial charge on any atom is 0.190 e. The molecule has 5 atom stereocenters. The van der Waals surface area contributed by atoms with E-state index in [4.69, 9.17) is 28.4 Å². The number of benzene rings is 2. The molecule has 33 heavy (non-hydrogen) atoms. The first-order chi connectivity index (χ1) is 15.8. The van der Waals surface area contributed by atoms with E-state index in [1.807, 2.05) is 58.0 Å². The number of hydrogen-bond acceptors (Lipinski definition) is 7. The monoisotopic (exact) mass is 455 g/mol. The Morgan fingerprint density at radius 3 is 2.27 bits per heavy atom. The van der Waals surface area contributed by atoms with E-state index in [-0.39, 0.29) is 24.4 Å². The van der Waals surface area contributed by atoms with Crippen molar-refractivity contribution in [2.75, 3.05) is 11.9 Å². The maximum absolute atomic E-state index is 6.23. The van der Waals surface area contributed by atoms with E-state index in [1.54, 1.807) is 0 Å². The molecule has 0 aliphatic carbocycles. The average Bonchev–Trinajstić information content (AvgIpc) is 3.27. The van der Waals surface area contributed by atoms with Gasteiger partial charge in [0.1, 0.15) is 24.4 Å². The van der Waals surface area contributed by atoms with Crippen LogP contribution in [0.2, 0.25) is 0 Å². The molecule has 1 N–H and O–H groups in total. The van der Waals surface area contributed by atoms with Crippen molar-refractivity contribution in [3.8, 4) is 0 Å². The van der Waals surface area contributed by atoms with Crippen LogP contribution >= 0.6 is 0 Å². The second-order valence-corrected chi connectivity index (χ2v) is 9.72. The number of ether oxygens (including phenoxy) is 6. The number of nitrogens with one attached hydrogen (secondary N) is 1. The van der Waals surface area contributed by atoms with Gasteiger partial charge in [-0.25, -0.2) is 0 Å². The van der Waals surface area contributed by atoms with Crippen LogP contribution in [0.1, 0.15) is 38.8 Å². The van der Waals surface area contributed by atoms with E-state index >= 15 is 0 Å². The van der Waals surface area contributed by atoms with E-state index in [1.165, 1.54) is 5.56 Å². The van der Waals surface area contributed by atoms with E-state index in [2.05, 4.69) is 29.6 Å². The molecule has 7 heteroatoms. The summed E-state index contributed by atoms with van der Waals surface area (Å²) in [6.45, 7) is 9.16. The second-order valence-electron chi connectivity index (χ2n) is 9.72. The second kappa shape index (κ2) is 8.98. The minimum Gasteiger partial charge on any atom is -0.381 e. The molecule has 0 radical (unpaired) electrons. The molecule has 5 rings (SSSR count). The molecule has 3 heterocycles. The lowest BCUT2D eigenvalue weighted by atomic mass is 9.99. The summed E-state index contributed by atoms with van der Waals surface area (Å²) >= 11 is 0. The highest BCUT2D eigenvalue weighted by Gasteiger charge is 2.60. The topological polar surface area (TPSA) is 67.4 Å². The lowest BCUT2D eigenvalue weighted by Crippen LogP contribution is -2.56. The number of anilines is 1. The molecule has 0 saturated carbocycles. The van der Waals surface area contributed by atoms with E-state index in [9.17, 15) is 0 Å². The summed E-state index contributed by atoms with van der Waals surface area (Å²) in [6, 6.07) is 18.5. The fraction of sp³-hybridized carbons (Fsp3) is 0.538. The smallest absolute Gasteiger partial charge is 0.190 e. The van der Waals surface area contributed by atoms with Gasteiger partial charge in [0.15, 0.2) is 17.9 Å². The van der Waals surface area contributed by atoms with Crippen LogP contribution in [0.4, 0.5) is 5.69 Å². The van der Waals surface area contributed by atoms with Gasteiger partial charge in [-0.05, 0) is 39.3 Å². The Morgan fingerprint density at radius 2 is 1.45 bits per heavy atom. The first-order valence-corrected chi connectivity index (χ1v) is 11.6. The molecule has 0 bridgehead atoms.